The van der Waals surface area contributed by atoms with Gasteiger partial charge in [-0.05, 0) is 54.1 Å². The standard InChI is InChI=1S/C23H20F3N3O2/c24-23(25,26)18-5-1-16(2-6-18)3-10-22(30)27-19-7-8-20-17(15-19)4-9-21(28-20)29-11-13-31-14-12-29/h1-10,15H,11-14H2,(H,27,30)/b10-3+. The Balaban J connectivity index is 1.41. The number of carbonyl (C=O) groups is 1. The van der Waals surface area contributed by atoms with Crippen molar-refractivity contribution in [2.75, 3.05) is 36.5 Å². The van der Waals surface area contributed by atoms with Gasteiger partial charge in [-0.1, -0.05) is 12.1 Å². The van der Waals surface area contributed by atoms with E-state index in [4.69, 9.17) is 4.74 Å². The number of hydrogen-bond acceptors (Lipinski definition) is 4. The molecule has 0 unspecified atom stereocenters. The fourth-order valence-corrected chi connectivity index (χ4v) is 3.30. The fraction of sp³-hybridized carbons (Fsp3) is 0.217. The van der Waals surface area contributed by atoms with Crippen LogP contribution in [-0.4, -0.2) is 37.2 Å². The number of pyridine rings is 1. The summed E-state index contributed by atoms with van der Waals surface area (Å²) in [6.45, 7) is 2.98. The summed E-state index contributed by atoms with van der Waals surface area (Å²) in [5, 5.41) is 3.65. The van der Waals surface area contributed by atoms with E-state index in [0.717, 1.165) is 41.9 Å². The topological polar surface area (TPSA) is 54.5 Å². The lowest BCUT2D eigenvalue weighted by atomic mass is 10.1. The van der Waals surface area contributed by atoms with Crippen molar-refractivity contribution in [2.45, 2.75) is 6.18 Å². The van der Waals surface area contributed by atoms with Crippen molar-refractivity contribution >= 4 is 34.4 Å². The molecule has 1 fully saturated rings. The smallest absolute Gasteiger partial charge is 0.378 e. The molecule has 0 atom stereocenters. The number of morpholine rings is 1. The molecule has 1 amide bonds. The second-order valence-electron chi connectivity index (χ2n) is 7.12. The summed E-state index contributed by atoms with van der Waals surface area (Å²) in [6, 6.07) is 14.0. The Morgan fingerprint density at radius 3 is 2.48 bits per heavy atom. The highest BCUT2D eigenvalue weighted by Gasteiger charge is 2.29. The second-order valence-corrected chi connectivity index (χ2v) is 7.12. The molecule has 5 nitrogen and oxygen atoms in total. The van der Waals surface area contributed by atoms with Crippen LogP contribution in [-0.2, 0) is 15.7 Å². The Hall–Kier alpha value is -3.39. The van der Waals surface area contributed by atoms with Crippen molar-refractivity contribution in [3.63, 3.8) is 0 Å². The number of rotatable bonds is 4. The predicted molar refractivity (Wildman–Crippen MR) is 114 cm³/mol. The van der Waals surface area contributed by atoms with Gasteiger partial charge in [0, 0.05) is 30.2 Å². The molecule has 4 rings (SSSR count). The molecular weight excluding hydrogens is 407 g/mol. The van der Waals surface area contributed by atoms with Gasteiger partial charge in [-0.25, -0.2) is 4.98 Å². The van der Waals surface area contributed by atoms with Gasteiger partial charge in [-0.3, -0.25) is 4.79 Å². The Bertz CT molecular complexity index is 1110. The molecule has 0 radical (unpaired) electrons. The van der Waals surface area contributed by atoms with E-state index in [0.29, 0.717) is 24.5 Å². The maximum atomic E-state index is 12.6. The van der Waals surface area contributed by atoms with Crippen molar-refractivity contribution in [2.24, 2.45) is 0 Å². The number of carbonyl (C=O) groups excluding carboxylic acids is 1. The summed E-state index contributed by atoms with van der Waals surface area (Å²) in [6.07, 6.45) is -1.63. The lowest BCUT2D eigenvalue weighted by Crippen LogP contribution is -2.36. The largest absolute Gasteiger partial charge is 0.416 e. The first-order chi connectivity index (χ1) is 14.9. The third-order valence-electron chi connectivity index (χ3n) is 4.94. The van der Waals surface area contributed by atoms with Gasteiger partial charge in [-0.2, -0.15) is 13.2 Å². The van der Waals surface area contributed by atoms with Crippen LogP contribution in [0.1, 0.15) is 11.1 Å². The van der Waals surface area contributed by atoms with E-state index in [2.05, 4.69) is 15.2 Å². The minimum Gasteiger partial charge on any atom is -0.378 e. The highest BCUT2D eigenvalue weighted by molar-refractivity contribution is 6.03. The average molecular weight is 427 g/mol. The van der Waals surface area contributed by atoms with E-state index in [1.807, 2.05) is 24.3 Å². The van der Waals surface area contributed by atoms with Crippen LogP contribution in [0, 0.1) is 0 Å². The molecule has 0 aliphatic carbocycles. The van der Waals surface area contributed by atoms with Gasteiger partial charge in [0.05, 0.1) is 24.3 Å². The molecule has 2 aromatic carbocycles. The lowest BCUT2D eigenvalue weighted by molar-refractivity contribution is -0.137. The van der Waals surface area contributed by atoms with Crippen LogP contribution in [0.25, 0.3) is 17.0 Å². The second kappa shape index (κ2) is 8.77. The number of nitrogens with zero attached hydrogens (tertiary/aromatic N) is 2. The van der Waals surface area contributed by atoms with Crippen LogP contribution in [0.15, 0.2) is 60.7 Å². The van der Waals surface area contributed by atoms with Gasteiger partial charge >= 0.3 is 6.18 Å². The van der Waals surface area contributed by atoms with Gasteiger partial charge in [0.1, 0.15) is 5.82 Å². The Morgan fingerprint density at radius 1 is 1.03 bits per heavy atom. The van der Waals surface area contributed by atoms with Gasteiger partial charge in [0.2, 0.25) is 5.91 Å². The molecular formula is C23H20F3N3O2. The number of halogens is 3. The fourth-order valence-electron chi connectivity index (χ4n) is 3.30. The van der Waals surface area contributed by atoms with E-state index in [-0.39, 0.29) is 5.91 Å². The maximum Gasteiger partial charge on any atom is 0.416 e. The number of benzene rings is 2. The van der Waals surface area contributed by atoms with Gasteiger partial charge in [0.15, 0.2) is 0 Å². The van der Waals surface area contributed by atoms with Crippen molar-refractivity contribution in [3.8, 4) is 0 Å². The SMILES string of the molecule is O=C(/C=C/c1ccc(C(F)(F)F)cc1)Nc1ccc2nc(N3CCOCC3)ccc2c1. The predicted octanol–water partition coefficient (Wildman–Crippen LogP) is 4.74. The van der Waals surface area contributed by atoms with Crippen molar-refractivity contribution in [3.05, 3.63) is 71.8 Å². The molecule has 2 heterocycles. The number of aromatic nitrogens is 1. The van der Waals surface area contributed by atoms with E-state index in [1.54, 1.807) is 6.07 Å². The van der Waals surface area contributed by atoms with Crippen LogP contribution in [0.4, 0.5) is 24.7 Å². The first-order valence-corrected chi connectivity index (χ1v) is 9.78. The Labute approximate surface area is 177 Å². The zero-order chi connectivity index (χ0) is 21.8. The molecule has 1 saturated heterocycles. The third kappa shape index (κ3) is 5.21. The van der Waals surface area contributed by atoms with Crippen LogP contribution >= 0.6 is 0 Å². The molecule has 0 spiro atoms. The number of fused-ring (bicyclic) bond motifs is 1. The first-order valence-electron chi connectivity index (χ1n) is 9.78. The van der Waals surface area contributed by atoms with Crippen LogP contribution in [0.3, 0.4) is 0 Å². The molecule has 0 bridgehead atoms. The highest BCUT2D eigenvalue weighted by atomic mass is 19.4. The monoisotopic (exact) mass is 427 g/mol. The summed E-state index contributed by atoms with van der Waals surface area (Å²) in [5.74, 6) is 0.518. The van der Waals surface area contributed by atoms with Crippen LogP contribution < -0.4 is 10.2 Å². The Morgan fingerprint density at radius 2 is 1.77 bits per heavy atom. The molecule has 1 aliphatic heterocycles. The third-order valence-corrected chi connectivity index (χ3v) is 4.94. The molecule has 1 N–H and O–H groups in total. The zero-order valence-electron chi connectivity index (χ0n) is 16.5. The van der Waals surface area contributed by atoms with Gasteiger partial charge < -0.3 is 15.0 Å². The van der Waals surface area contributed by atoms with Crippen molar-refractivity contribution in [1.82, 2.24) is 4.98 Å². The van der Waals surface area contributed by atoms with Crippen LogP contribution in [0.5, 0.6) is 0 Å². The normalized spacial score (nSPS) is 14.9. The summed E-state index contributed by atoms with van der Waals surface area (Å²) >= 11 is 0. The molecule has 1 aliphatic rings. The molecule has 0 saturated carbocycles. The minimum absolute atomic E-state index is 0.378. The molecule has 8 heteroatoms. The summed E-state index contributed by atoms with van der Waals surface area (Å²) in [7, 11) is 0. The van der Waals surface area contributed by atoms with Gasteiger partial charge in [-0.15, -0.1) is 0 Å². The van der Waals surface area contributed by atoms with Crippen molar-refractivity contribution < 1.29 is 22.7 Å². The lowest BCUT2D eigenvalue weighted by Gasteiger charge is -2.27. The number of anilines is 2. The minimum atomic E-state index is -4.38. The van der Waals surface area contributed by atoms with Crippen LogP contribution in [0.2, 0.25) is 0 Å². The summed E-state index contributed by atoms with van der Waals surface area (Å²) in [4.78, 5) is 19.1. The molecule has 1 aromatic heterocycles. The van der Waals surface area contributed by atoms with E-state index < -0.39 is 11.7 Å². The maximum absolute atomic E-state index is 12.6. The molecule has 31 heavy (non-hydrogen) atoms. The average Bonchev–Trinajstić information content (AvgIpc) is 2.77. The number of hydrogen-bond donors (Lipinski definition) is 1. The number of ether oxygens (including phenoxy) is 1. The highest BCUT2D eigenvalue weighted by Crippen LogP contribution is 2.29. The number of alkyl halides is 3. The van der Waals surface area contributed by atoms with Gasteiger partial charge in [0.25, 0.3) is 0 Å². The quantitative estimate of drug-likeness (QED) is 0.611. The van der Waals surface area contributed by atoms with E-state index in [9.17, 15) is 18.0 Å². The zero-order valence-corrected chi connectivity index (χ0v) is 16.5. The number of nitrogens with one attached hydrogen (secondary N) is 1. The Kier molecular flexibility index (Phi) is 5.90. The summed E-state index contributed by atoms with van der Waals surface area (Å²) in [5.41, 5.74) is 1.20. The van der Waals surface area contributed by atoms with E-state index >= 15 is 0 Å². The number of amides is 1. The van der Waals surface area contributed by atoms with E-state index in [1.165, 1.54) is 24.3 Å². The summed E-state index contributed by atoms with van der Waals surface area (Å²) < 4.78 is 43.2. The first kappa shape index (κ1) is 20.9. The molecule has 160 valence electrons. The van der Waals surface area contributed by atoms with Crippen molar-refractivity contribution in [1.29, 1.82) is 0 Å². The molecule has 3 aromatic rings.